The molecule has 1 aliphatic rings. The molecule has 1 aromatic carbocycles. The summed E-state index contributed by atoms with van der Waals surface area (Å²) in [5.74, 6) is 0.318. The molecule has 2 rings (SSSR count). The minimum atomic E-state index is -0.144. The zero-order valence-electron chi connectivity index (χ0n) is 13.4. The zero-order chi connectivity index (χ0) is 16.7. The number of halogens is 2. The van der Waals surface area contributed by atoms with Crippen LogP contribution >= 0.6 is 23.2 Å². The van der Waals surface area contributed by atoms with Gasteiger partial charge in [0.2, 0.25) is 0 Å². The molecule has 1 amide bonds. The van der Waals surface area contributed by atoms with Crippen LogP contribution in [0.3, 0.4) is 0 Å². The summed E-state index contributed by atoms with van der Waals surface area (Å²) in [6.45, 7) is 6.05. The molecule has 0 radical (unpaired) electrons. The number of carbonyl (C=O) groups excluding carboxylic acids is 1. The molecule has 1 N–H and O–H groups in total. The normalized spacial score (nSPS) is 16.3. The molecule has 23 heavy (non-hydrogen) atoms. The van der Waals surface area contributed by atoms with Crippen molar-refractivity contribution in [3.8, 4) is 5.75 Å². The van der Waals surface area contributed by atoms with Crippen LogP contribution in [0.25, 0.3) is 0 Å². The van der Waals surface area contributed by atoms with Gasteiger partial charge in [0.05, 0.1) is 5.02 Å². The molecule has 1 saturated heterocycles. The number of ether oxygens (including phenoxy) is 1. The fourth-order valence-corrected chi connectivity index (χ4v) is 2.85. The van der Waals surface area contributed by atoms with Gasteiger partial charge in [-0.25, -0.2) is 0 Å². The van der Waals surface area contributed by atoms with Crippen molar-refractivity contribution in [1.29, 1.82) is 0 Å². The van der Waals surface area contributed by atoms with E-state index in [1.807, 2.05) is 0 Å². The van der Waals surface area contributed by atoms with Gasteiger partial charge in [0.25, 0.3) is 5.91 Å². The van der Waals surface area contributed by atoms with Crippen molar-refractivity contribution in [2.45, 2.75) is 6.42 Å². The van der Waals surface area contributed by atoms with E-state index in [-0.39, 0.29) is 12.5 Å². The summed E-state index contributed by atoms with van der Waals surface area (Å²) in [5.41, 5.74) is 0. The minimum absolute atomic E-state index is 0.0458. The number of carbonyl (C=O) groups is 1. The maximum atomic E-state index is 11.8. The Balaban J connectivity index is 1.58. The Bertz CT molecular complexity index is 520. The SMILES string of the molecule is CN1CCN(CCCNC(=O)COc2ccc(Cl)cc2Cl)CC1. The Morgan fingerprint density at radius 1 is 1.26 bits per heavy atom. The fourth-order valence-electron chi connectivity index (χ4n) is 2.39. The van der Waals surface area contributed by atoms with Crippen molar-refractivity contribution in [2.24, 2.45) is 0 Å². The quantitative estimate of drug-likeness (QED) is 0.757. The summed E-state index contributed by atoms with van der Waals surface area (Å²) in [6, 6.07) is 4.93. The highest BCUT2D eigenvalue weighted by Crippen LogP contribution is 2.27. The maximum Gasteiger partial charge on any atom is 0.257 e. The van der Waals surface area contributed by atoms with Crippen molar-refractivity contribution in [3.05, 3.63) is 28.2 Å². The van der Waals surface area contributed by atoms with Gasteiger partial charge < -0.3 is 19.9 Å². The van der Waals surface area contributed by atoms with Gasteiger partial charge in [0.1, 0.15) is 5.75 Å². The lowest BCUT2D eigenvalue weighted by Gasteiger charge is -2.32. The van der Waals surface area contributed by atoms with Crippen molar-refractivity contribution < 1.29 is 9.53 Å². The number of likely N-dealkylation sites (N-methyl/N-ethyl adjacent to an activating group) is 1. The summed E-state index contributed by atoms with van der Waals surface area (Å²) in [5, 5.41) is 3.80. The molecule has 1 fully saturated rings. The van der Waals surface area contributed by atoms with E-state index in [0.717, 1.165) is 39.1 Å². The lowest BCUT2D eigenvalue weighted by atomic mass is 10.3. The van der Waals surface area contributed by atoms with Crippen molar-refractivity contribution in [3.63, 3.8) is 0 Å². The number of nitrogens with zero attached hydrogens (tertiary/aromatic N) is 2. The van der Waals surface area contributed by atoms with Gasteiger partial charge in [-0.15, -0.1) is 0 Å². The molecule has 0 saturated carbocycles. The lowest BCUT2D eigenvalue weighted by Crippen LogP contribution is -2.45. The molecule has 0 aromatic heterocycles. The smallest absolute Gasteiger partial charge is 0.257 e. The highest BCUT2D eigenvalue weighted by atomic mass is 35.5. The van der Waals surface area contributed by atoms with E-state index in [1.54, 1.807) is 18.2 Å². The molecule has 0 aliphatic carbocycles. The molecule has 7 heteroatoms. The standard InChI is InChI=1S/C16H23Cl2N3O2/c1-20-7-9-21(10-8-20)6-2-5-19-16(22)12-23-15-4-3-13(17)11-14(15)18/h3-4,11H,2,5-10,12H2,1H3,(H,19,22). The molecule has 1 heterocycles. The fraction of sp³-hybridized carbons (Fsp3) is 0.562. The number of rotatable bonds is 7. The second-order valence-corrected chi connectivity index (χ2v) is 6.56. The van der Waals surface area contributed by atoms with Gasteiger partial charge >= 0.3 is 0 Å². The van der Waals surface area contributed by atoms with Crippen LogP contribution in [0.5, 0.6) is 5.75 Å². The number of piperazine rings is 1. The van der Waals surface area contributed by atoms with Crippen LogP contribution in [0.2, 0.25) is 10.0 Å². The molecule has 0 unspecified atom stereocenters. The number of amides is 1. The van der Waals surface area contributed by atoms with Gasteiger partial charge in [0.15, 0.2) is 6.61 Å². The van der Waals surface area contributed by atoms with Crippen molar-refractivity contribution in [1.82, 2.24) is 15.1 Å². The van der Waals surface area contributed by atoms with E-state index in [2.05, 4.69) is 22.2 Å². The summed E-state index contributed by atoms with van der Waals surface area (Å²) < 4.78 is 5.39. The van der Waals surface area contributed by atoms with Crippen LogP contribution in [0.15, 0.2) is 18.2 Å². The van der Waals surface area contributed by atoms with E-state index >= 15 is 0 Å². The Labute approximate surface area is 147 Å². The first-order chi connectivity index (χ1) is 11.0. The number of hydrogen-bond donors (Lipinski definition) is 1. The summed E-state index contributed by atoms with van der Waals surface area (Å²) in [6.07, 6.45) is 0.942. The number of hydrogen-bond acceptors (Lipinski definition) is 4. The zero-order valence-corrected chi connectivity index (χ0v) is 14.9. The van der Waals surface area contributed by atoms with Crippen LogP contribution in [-0.2, 0) is 4.79 Å². The van der Waals surface area contributed by atoms with Crippen LogP contribution in [0.4, 0.5) is 0 Å². The molecular formula is C16H23Cl2N3O2. The van der Waals surface area contributed by atoms with Crippen molar-refractivity contribution in [2.75, 3.05) is 52.9 Å². The largest absolute Gasteiger partial charge is 0.482 e. The number of benzene rings is 1. The third-order valence-electron chi connectivity index (χ3n) is 3.82. The van der Waals surface area contributed by atoms with Crippen molar-refractivity contribution >= 4 is 29.1 Å². The first-order valence-corrected chi connectivity index (χ1v) is 8.55. The maximum absolute atomic E-state index is 11.8. The number of nitrogens with one attached hydrogen (secondary N) is 1. The summed E-state index contributed by atoms with van der Waals surface area (Å²) in [4.78, 5) is 16.5. The molecule has 128 valence electrons. The highest BCUT2D eigenvalue weighted by Gasteiger charge is 2.13. The Morgan fingerprint density at radius 3 is 2.70 bits per heavy atom. The second-order valence-electron chi connectivity index (χ2n) is 5.71. The van der Waals surface area contributed by atoms with Crippen LogP contribution in [0, 0.1) is 0 Å². The molecule has 1 aliphatic heterocycles. The van der Waals surface area contributed by atoms with E-state index in [4.69, 9.17) is 27.9 Å². The van der Waals surface area contributed by atoms with E-state index in [1.165, 1.54) is 0 Å². The Hall–Kier alpha value is -1.01. The first-order valence-electron chi connectivity index (χ1n) is 7.80. The lowest BCUT2D eigenvalue weighted by molar-refractivity contribution is -0.123. The average molecular weight is 360 g/mol. The Morgan fingerprint density at radius 2 is 2.00 bits per heavy atom. The van der Waals surface area contributed by atoms with E-state index in [0.29, 0.717) is 22.3 Å². The van der Waals surface area contributed by atoms with Crippen LogP contribution < -0.4 is 10.1 Å². The highest BCUT2D eigenvalue weighted by molar-refractivity contribution is 6.35. The molecule has 0 bridgehead atoms. The summed E-state index contributed by atoms with van der Waals surface area (Å²) >= 11 is 11.8. The van der Waals surface area contributed by atoms with E-state index in [9.17, 15) is 4.79 Å². The third kappa shape index (κ3) is 6.55. The first kappa shape index (κ1) is 18.3. The Kier molecular flexibility index (Phi) is 7.43. The molecular weight excluding hydrogens is 337 g/mol. The van der Waals surface area contributed by atoms with Crippen LogP contribution in [-0.4, -0.2) is 68.6 Å². The van der Waals surface area contributed by atoms with Crippen LogP contribution in [0.1, 0.15) is 6.42 Å². The van der Waals surface area contributed by atoms with E-state index < -0.39 is 0 Å². The molecule has 0 spiro atoms. The third-order valence-corrected chi connectivity index (χ3v) is 4.35. The van der Waals surface area contributed by atoms with Gasteiger partial charge in [0, 0.05) is 37.7 Å². The molecule has 1 aromatic rings. The van der Waals surface area contributed by atoms with Gasteiger partial charge in [-0.3, -0.25) is 4.79 Å². The predicted octanol–water partition coefficient (Wildman–Crippen LogP) is 2.13. The van der Waals surface area contributed by atoms with Gasteiger partial charge in [-0.2, -0.15) is 0 Å². The molecule has 0 atom stereocenters. The summed E-state index contributed by atoms with van der Waals surface area (Å²) in [7, 11) is 2.14. The second kappa shape index (κ2) is 9.33. The predicted molar refractivity (Wildman–Crippen MR) is 93.5 cm³/mol. The van der Waals surface area contributed by atoms with Gasteiger partial charge in [-0.1, -0.05) is 23.2 Å². The topological polar surface area (TPSA) is 44.8 Å². The average Bonchev–Trinajstić information content (AvgIpc) is 2.52. The minimum Gasteiger partial charge on any atom is -0.482 e. The van der Waals surface area contributed by atoms with Gasteiger partial charge in [-0.05, 0) is 38.2 Å². The molecule has 5 nitrogen and oxygen atoms in total. The monoisotopic (exact) mass is 359 g/mol.